The summed E-state index contributed by atoms with van der Waals surface area (Å²) >= 11 is 0. The van der Waals surface area contributed by atoms with Crippen molar-refractivity contribution in [1.82, 2.24) is 5.32 Å². The molecule has 2 aliphatic heterocycles. The van der Waals surface area contributed by atoms with Crippen molar-refractivity contribution in [2.75, 3.05) is 25.1 Å². The number of benzene rings is 1. The van der Waals surface area contributed by atoms with Gasteiger partial charge in [-0.3, -0.25) is 9.59 Å². The van der Waals surface area contributed by atoms with Gasteiger partial charge in [-0.05, 0) is 38.8 Å². The summed E-state index contributed by atoms with van der Waals surface area (Å²) in [7, 11) is 1.65. The van der Waals surface area contributed by atoms with E-state index in [1.54, 1.807) is 20.9 Å². The number of aliphatic hydroxyl groups is 3. The Morgan fingerprint density at radius 3 is 2.51 bits per heavy atom. The van der Waals surface area contributed by atoms with Gasteiger partial charge in [-0.2, -0.15) is 0 Å². The minimum absolute atomic E-state index is 0.00675. The summed E-state index contributed by atoms with van der Waals surface area (Å²) < 4.78 is 11.5. The molecule has 3 rings (SSSR count). The number of anilines is 1. The molecule has 0 saturated carbocycles. The topological polar surface area (TPSA) is 132 Å². The molecule has 0 aliphatic carbocycles. The van der Waals surface area contributed by atoms with Gasteiger partial charge in [0.1, 0.15) is 6.10 Å². The molecule has 2 saturated heterocycles. The number of ether oxygens (including phenoxy) is 2. The smallest absolute Gasteiger partial charge is 0.246 e. The summed E-state index contributed by atoms with van der Waals surface area (Å²) in [5, 5.41) is 33.5. The highest BCUT2D eigenvalue weighted by molar-refractivity contribution is 5.98. The van der Waals surface area contributed by atoms with E-state index in [0.717, 1.165) is 5.69 Å². The number of nitrogens with one attached hydrogen (secondary N) is 1. The lowest BCUT2D eigenvalue weighted by Gasteiger charge is -2.38. The molecular formula is C26H38N2O7. The molecule has 0 radical (unpaired) electrons. The lowest BCUT2D eigenvalue weighted by Crippen LogP contribution is -2.50. The first-order valence-corrected chi connectivity index (χ1v) is 12.2. The molecule has 8 atom stereocenters. The van der Waals surface area contributed by atoms with Gasteiger partial charge in [0.2, 0.25) is 11.8 Å². The highest BCUT2D eigenvalue weighted by atomic mass is 16.6. The molecule has 35 heavy (non-hydrogen) atoms. The van der Waals surface area contributed by atoms with Gasteiger partial charge in [-0.1, -0.05) is 30.7 Å². The molecule has 2 heterocycles. The van der Waals surface area contributed by atoms with Crippen molar-refractivity contribution in [2.45, 2.75) is 70.2 Å². The molecule has 0 spiro atoms. The van der Waals surface area contributed by atoms with Gasteiger partial charge in [0.15, 0.2) is 0 Å². The fraction of sp³-hybridized carbons (Fsp3) is 0.615. The maximum absolute atomic E-state index is 12.3. The van der Waals surface area contributed by atoms with Gasteiger partial charge in [0, 0.05) is 30.6 Å². The molecule has 1 aromatic rings. The Kier molecular flexibility index (Phi) is 9.43. The Balaban J connectivity index is 1.43. The molecule has 9 heteroatoms. The van der Waals surface area contributed by atoms with E-state index in [9.17, 15) is 24.9 Å². The van der Waals surface area contributed by atoms with Crippen LogP contribution in [0.1, 0.15) is 33.6 Å². The molecule has 0 unspecified atom stereocenters. The van der Waals surface area contributed by atoms with E-state index < -0.39 is 30.3 Å². The minimum Gasteiger partial charge on any atom is -0.393 e. The van der Waals surface area contributed by atoms with Gasteiger partial charge in [-0.25, -0.2) is 0 Å². The number of carbonyl (C=O) groups is 2. The van der Waals surface area contributed by atoms with Crippen LogP contribution in [-0.4, -0.2) is 84.0 Å². The van der Waals surface area contributed by atoms with Crippen LogP contribution in [0.3, 0.4) is 0 Å². The zero-order valence-electron chi connectivity index (χ0n) is 20.8. The second kappa shape index (κ2) is 12.1. The molecular weight excluding hydrogens is 452 g/mol. The van der Waals surface area contributed by atoms with Gasteiger partial charge in [-0.15, -0.1) is 0 Å². The second-order valence-electron chi connectivity index (χ2n) is 9.79. The van der Waals surface area contributed by atoms with Gasteiger partial charge < -0.3 is 35.0 Å². The van der Waals surface area contributed by atoms with E-state index in [1.807, 2.05) is 37.3 Å². The normalized spacial score (nSPS) is 30.3. The van der Waals surface area contributed by atoms with E-state index >= 15 is 0 Å². The van der Waals surface area contributed by atoms with Gasteiger partial charge in [0.25, 0.3) is 0 Å². The molecule has 9 nitrogen and oxygen atoms in total. The number of epoxide rings is 1. The Bertz CT molecular complexity index is 891. The SMILES string of the molecule is C/C(=C\C(=O)NCC(=O)N(C)c1ccccc1)C[C@@H]1OC[C@H](C[C@@H]2O[C@H]2[C@@H](C)[C@H](C)O)[C@@H](O)[C@H]1O. The number of nitrogens with zero attached hydrogens (tertiary/aromatic N) is 1. The fourth-order valence-electron chi connectivity index (χ4n) is 4.44. The van der Waals surface area contributed by atoms with Crippen molar-refractivity contribution < 1.29 is 34.4 Å². The van der Waals surface area contributed by atoms with E-state index in [-0.39, 0.29) is 49.5 Å². The fourth-order valence-corrected chi connectivity index (χ4v) is 4.44. The predicted octanol–water partition coefficient (Wildman–Crippen LogP) is 1.01. The standard InChI is InChI=1S/C26H38N2O7/c1-15(11-22(30)27-13-23(31)28(4)19-8-6-5-7-9-19)10-20-25(33)24(32)18(14-34-20)12-21-26(35-21)16(2)17(3)29/h5-9,11,16-18,20-21,24-26,29,32-33H,10,12-14H2,1-4H3,(H,27,30)/b15-11+/t16-,17-,18-,20-,21-,24+,25-,26-/m0/s1. The van der Waals surface area contributed by atoms with Crippen LogP contribution in [0.25, 0.3) is 0 Å². The third-order valence-corrected chi connectivity index (χ3v) is 7.01. The molecule has 0 bridgehead atoms. The van der Waals surface area contributed by atoms with Crippen molar-refractivity contribution in [1.29, 1.82) is 0 Å². The molecule has 194 valence electrons. The lowest BCUT2D eigenvalue weighted by molar-refractivity contribution is -0.165. The molecule has 1 aromatic carbocycles. The number of para-hydroxylation sites is 1. The van der Waals surface area contributed by atoms with Gasteiger partial charge in [0.05, 0.1) is 43.7 Å². The lowest BCUT2D eigenvalue weighted by atomic mass is 9.85. The largest absolute Gasteiger partial charge is 0.393 e. The number of likely N-dealkylation sites (N-methyl/N-ethyl adjacent to an activating group) is 1. The van der Waals surface area contributed by atoms with Crippen molar-refractivity contribution in [3.8, 4) is 0 Å². The van der Waals surface area contributed by atoms with Crippen molar-refractivity contribution in [3.05, 3.63) is 42.0 Å². The third kappa shape index (κ3) is 7.35. The van der Waals surface area contributed by atoms with Crippen LogP contribution in [0.4, 0.5) is 5.69 Å². The Morgan fingerprint density at radius 2 is 1.86 bits per heavy atom. The van der Waals surface area contributed by atoms with Crippen molar-refractivity contribution >= 4 is 17.5 Å². The van der Waals surface area contributed by atoms with E-state index in [0.29, 0.717) is 12.0 Å². The monoisotopic (exact) mass is 490 g/mol. The summed E-state index contributed by atoms with van der Waals surface area (Å²) in [6.45, 7) is 5.53. The van der Waals surface area contributed by atoms with Crippen LogP contribution >= 0.6 is 0 Å². The average molecular weight is 491 g/mol. The first kappa shape index (κ1) is 27.3. The first-order valence-electron chi connectivity index (χ1n) is 12.2. The maximum Gasteiger partial charge on any atom is 0.246 e. The Morgan fingerprint density at radius 1 is 1.17 bits per heavy atom. The number of hydrogen-bond acceptors (Lipinski definition) is 7. The number of amides is 2. The van der Waals surface area contributed by atoms with Crippen LogP contribution in [-0.2, 0) is 19.1 Å². The Labute approximate surface area is 206 Å². The molecule has 2 fully saturated rings. The quantitative estimate of drug-likeness (QED) is 0.284. The minimum atomic E-state index is -1.09. The third-order valence-electron chi connectivity index (χ3n) is 7.01. The van der Waals surface area contributed by atoms with E-state index in [4.69, 9.17) is 9.47 Å². The molecule has 2 amide bonds. The summed E-state index contributed by atoms with van der Waals surface area (Å²) in [5.41, 5.74) is 1.40. The van der Waals surface area contributed by atoms with Gasteiger partial charge >= 0.3 is 0 Å². The predicted molar refractivity (Wildman–Crippen MR) is 131 cm³/mol. The van der Waals surface area contributed by atoms with Crippen LogP contribution in [0.15, 0.2) is 42.0 Å². The van der Waals surface area contributed by atoms with Crippen LogP contribution in [0, 0.1) is 11.8 Å². The highest BCUT2D eigenvalue weighted by Crippen LogP contribution is 2.38. The molecule has 2 aliphatic rings. The van der Waals surface area contributed by atoms with Crippen molar-refractivity contribution in [2.24, 2.45) is 11.8 Å². The van der Waals surface area contributed by atoms with E-state index in [2.05, 4.69) is 5.32 Å². The average Bonchev–Trinajstić information content (AvgIpc) is 3.60. The maximum atomic E-state index is 12.3. The van der Waals surface area contributed by atoms with Crippen LogP contribution in [0.2, 0.25) is 0 Å². The molecule has 4 N–H and O–H groups in total. The summed E-state index contributed by atoms with van der Waals surface area (Å²) in [6.07, 6.45) is -1.05. The zero-order chi connectivity index (χ0) is 25.7. The van der Waals surface area contributed by atoms with Crippen LogP contribution < -0.4 is 10.2 Å². The highest BCUT2D eigenvalue weighted by Gasteiger charge is 2.48. The number of hydrogen-bond donors (Lipinski definition) is 4. The van der Waals surface area contributed by atoms with Crippen LogP contribution in [0.5, 0.6) is 0 Å². The Hall–Kier alpha value is -2.30. The summed E-state index contributed by atoms with van der Waals surface area (Å²) in [5.74, 6) is -0.921. The summed E-state index contributed by atoms with van der Waals surface area (Å²) in [4.78, 5) is 26.1. The summed E-state index contributed by atoms with van der Waals surface area (Å²) in [6, 6.07) is 9.15. The first-order chi connectivity index (χ1) is 16.6. The number of aliphatic hydroxyl groups excluding tert-OH is 3. The van der Waals surface area contributed by atoms with E-state index in [1.165, 1.54) is 11.0 Å². The van der Waals surface area contributed by atoms with Crippen molar-refractivity contribution in [3.63, 3.8) is 0 Å². The second-order valence-corrected chi connectivity index (χ2v) is 9.79. The number of carbonyl (C=O) groups excluding carboxylic acids is 2. The zero-order valence-corrected chi connectivity index (χ0v) is 20.8. The molecule has 0 aromatic heterocycles. The number of rotatable bonds is 10.